The van der Waals surface area contributed by atoms with Gasteiger partial charge in [0.1, 0.15) is 5.69 Å². The fourth-order valence-electron chi connectivity index (χ4n) is 2.17. The average molecular weight is 323 g/mol. The zero-order valence-electron chi connectivity index (χ0n) is 11.0. The number of hydrogen-bond acceptors (Lipinski definition) is 2. The Morgan fingerprint density at radius 2 is 2.00 bits per heavy atom. The highest BCUT2D eigenvalue weighted by Crippen LogP contribution is 2.22. The van der Waals surface area contributed by atoms with Gasteiger partial charge >= 0.3 is 0 Å². The van der Waals surface area contributed by atoms with Crippen molar-refractivity contribution in [3.63, 3.8) is 0 Å². The van der Waals surface area contributed by atoms with Crippen LogP contribution in [0.25, 0.3) is 10.9 Å². The number of aromatic nitrogens is 1. The Balaban J connectivity index is 2.95. The SMILES string of the molecule is CNC(=O)c1cc(=O)c2ccc(Br)cc2n1C(C)C. The number of carbonyl (C=O) groups is 1. The standard InChI is InChI=1S/C14H15BrN2O2/c1-8(2)17-11-6-9(15)4-5-10(11)13(18)7-12(17)14(19)16-3/h4-8H,1-3H3,(H,16,19). The molecule has 5 heteroatoms. The number of benzene rings is 1. The number of amides is 1. The smallest absolute Gasteiger partial charge is 0.267 e. The molecule has 2 rings (SSSR count). The molecule has 0 aliphatic heterocycles. The van der Waals surface area contributed by atoms with E-state index in [1.54, 1.807) is 13.1 Å². The summed E-state index contributed by atoms with van der Waals surface area (Å²) >= 11 is 3.40. The highest BCUT2D eigenvalue weighted by Gasteiger charge is 2.16. The molecule has 100 valence electrons. The first kappa shape index (κ1) is 13.8. The summed E-state index contributed by atoms with van der Waals surface area (Å²) in [6.45, 7) is 3.97. The average Bonchev–Trinajstić information content (AvgIpc) is 2.36. The van der Waals surface area contributed by atoms with Crippen LogP contribution in [-0.4, -0.2) is 17.5 Å². The van der Waals surface area contributed by atoms with Crippen LogP contribution in [0.2, 0.25) is 0 Å². The Labute approximate surface area is 119 Å². The van der Waals surface area contributed by atoms with E-state index < -0.39 is 0 Å². The van der Waals surface area contributed by atoms with Crippen molar-refractivity contribution in [3.05, 3.63) is 44.7 Å². The molecule has 0 bridgehead atoms. The van der Waals surface area contributed by atoms with Crippen molar-refractivity contribution >= 4 is 32.7 Å². The summed E-state index contributed by atoms with van der Waals surface area (Å²) in [6, 6.07) is 6.94. The van der Waals surface area contributed by atoms with Crippen LogP contribution in [0.1, 0.15) is 30.4 Å². The lowest BCUT2D eigenvalue weighted by atomic mass is 10.1. The van der Waals surface area contributed by atoms with Crippen LogP contribution in [-0.2, 0) is 0 Å². The molecule has 0 saturated carbocycles. The molecule has 4 nitrogen and oxygen atoms in total. The Morgan fingerprint density at radius 1 is 1.32 bits per heavy atom. The van der Waals surface area contributed by atoms with Crippen LogP contribution < -0.4 is 10.7 Å². The maximum atomic E-state index is 12.1. The minimum Gasteiger partial charge on any atom is -0.354 e. The van der Waals surface area contributed by atoms with Gasteiger partial charge < -0.3 is 9.88 Å². The molecule has 1 N–H and O–H groups in total. The molecule has 0 aliphatic carbocycles. The molecular weight excluding hydrogens is 308 g/mol. The van der Waals surface area contributed by atoms with Gasteiger partial charge in [0, 0.05) is 29.0 Å². The molecule has 19 heavy (non-hydrogen) atoms. The number of hydrogen-bond donors (Lipinski definition) is 1. The van der Waals surface area contributed by atoms with E-state index >= 15 is 0 Å². The Bertz CT molecular complexity index is 704. The second-order valence-electron chi connectivity index (χ2n) is 4.60. The third-order valence-corrected chi connectivity index (χ3v) is 3.48. The number of halogens is 1. The summed E-state index contributed by atoms with van der Waals surface area (Å²) in [7, 11) is 1.56. The molecule has 1 amide bonds. The molecule has 2 aromatic rings. The number of carbonyl (C=O) groups excluding carboxylic acids is 1. The van der Waals surface area contributed by atoms with Gasteiger partial charge in [-0.1, -0.05) is 15.9 Å². The Hall–Kier alpha value is -1.62. The first-order chi connectivity index (χ1) is 8.95. The summed E-state index contributed by atoms with van der Waals surface area (Å²) in [5.41, 5.74) is 1.00. The largest absolute Gasteiger partial charge is 0.354 e. The van der Waals surface area contributed by atoms with Gasteiger partial charge in [-0.25, -0.2) is 0 Å². The van der Waals surface area contributed by atoms with Crippen LogP contribution in [0.4, 0.5) is 0 Å². The molecule has 1 aromatic carbocycles. The predicted octanol–water partition coefficient (Wildman–Crippen LogP) is 2.70. The first-order valence-corrected chi connectivity index (χ1v) is 6.82. The summed E-state index contributed by atoms with van der Waals surface area (Å²) in [5, 5.41) is 3.19. The predicted molar refractivity (Wildman–Crippen MR) is 79.7 cm³/mol. The van der Waals surface area contributed by atoms with Crippen LogP contribution in [0, 0.1) is 0 Å². The number of nitrogens with one attached hydrogen (secondary N) is 1. The van der Waals surface area contributed by atoms with Gasteiger partial charge in [0.2, 0.25) is 0 Å². The molecular formula is C14H15BrN2O2. The van der Waals surface area contributed by atoms with Crippen molar-refractivity contribution in [3.8, 4) is 0 Å². The van der Waals surface area contributed by atoms with Gasteiger partial charge in [-0.15, -0.1) is 0 Å². The molecule has 0 unspecified atom stereocenters. The van der Waals surface area contributed by atoms with E-state index in [0.29, 0.717) is 11.1 Å². The molecule has 0 spiro atoms. The maximum absolute atomic E-state index is 12.1. The third-order valence-electron chi connectivity index (χ3n) is 2.99. The summed E-state index contributed by atoms with van der Waals surface area (Å²) < 4.78 is 2.75. The van der Waals surface area contributed by atoms with Gasteiger partial charge in [-0.2, -0.15) is 0 Å². The monoisotopic (exact) mass is 322 g/mol. The summed E-state index contributed by atoms with van der Waals surface area (Å²) in [6.07, 6.45) is 0. The van der Waals surface area contributed by atoms with E-state index in [9.17, 15) is 9.59 Å². The van der Waals surface area contributed by atoms with Gasteiger partial charge in [-0.05, 0) is 32.0 Å². The van der Waals surface area contributed by atoms with Crippen molar-refractivity contribution in [2.45, 2.75) is 19.9 Å². The van der Waals surface area contributed by atoms with E-state index in [-0.39, 0.29) is 17.4 Å². The molecule has 0 saturated heterocycles. The van der Waals surface area contributed by atoms with Crippen molar-refractivity contribution in [2.75, 3.05) is 7.05 Å². The molecule has 0 aliphatic rings. The van der Waals surface area contributed by atoms with Crippen LogP contribution in [0.5, 0.6) is 0 Å². The van der Waals surface area contributed by atoms with Gasteiger partial charge in [0.25, 0.3) is 5.91 Å². The van der Waals surface area contributed by atoms with E-state index in [1.807, 2.05) is 30.5 Å². The minimum absolute atomic E-state index is 0.0738. The fourth-order valence-corrected chi connectivity index (χ4v) is 2.52. The van der Waals surface area contributed by atoms with E-state index in [1.165, 1.54) is 6.07 Å². The lowest BCUT2D eigenvalue weighted by Crippen LogP contribution is -2.27. The number of pyridine rings is 1. The maximum Gasteiger partial charge on any atom is 0.267 e. The number of fused-ring (bicyclic) bond motifs is 1. The lowest BCUT2D eigenvalue weighted by molar-refractivity contribution is 0.0952. The molecule has 1 heterocycles. The molecule has 0 atom stereocenters. The lowest BCUT2D eigenvalue weighted by Gasteiger charge is -2.19. The van der Waals surface area contributed by atoms with E-state index in [0.717, 1.165) is 9.99 Å². The minimum atomic E-state index is -0.257. The summed E-state index contributed by atoms with van der Waals surface area (Å²) in [5.74, 6) is -0.257. The normalized spacial score (nSPS) is 11.0. The topological polar surface area (TPSA) is 51.1 Å². The van der Waals surface area contributed by atoms with Crippen LogP contribution in [0.15, 0.2) is 33.5 Å². The molecule has 0 radical (unpaired) electrons. The zero-order valence-corrected chi connectivity index (χ0v) is 12.6. The van der Waals surface area contributed by atoms with Crippen molar-refractivity contribution in [2.24, 2.45) is 0 Å². The highest BCUT2D eigenvalue weighted by atomic mass is 79.9. The number of nitrogens with zero attached hydrogens (tertiary/aromatic N) is 1. The van der Waals surface area contributed by atoms with Crippen molar-refractivity contribution < 1.29 is 4.79 Å². The second kappa shape index (κ2) is 5.17. The quantitative estimate of drug-likeness (QED) is 0.924. The van der Waals surface area contributed by atoms with Gasteiger partial charge in [0.05, 0.1) is 5.52 Å². The van der Waals surface area contributed by atoms with Gasteiger partial charge in [0.15, 0.2) is 5.43 Å². The first-order valence-electron chi connectivity index (χ1n) is 6.02. The second-order valence-corrected chi connectivity index (χ2v) is 5.51. The Morgan fingerprint density at radius 3 is 2.58 bits per heavy atom. The van der Waals surface area contributed by atoms with Gasteiger partial charge in [-0.3, -0.25) is 9.59 Å². The van der Waals surface area contributed by atoms with E-state index in [4.69, 9.17) is 0 Å². The zero-order chi connectivity index (χ0) is 14.2. The van der Waals surface area contributed by atoms with Crippen LogP contribution in [0.3, 0.4) is 0 Å². The van der Waals surface area contributed by atoms with Crippen molar-refractivity contribution in [1.82, 2.24) is 9.88 Å². The van der Waals surface area contributed by atoms with Crippen molar-refractivity contribution in [1.29, 1.82) is 0 Å². The summed E-state index contributed by atoms with van der Waals surface area (Å²) in [4.78, 5) is 24.0. The molecule has 0 fully saturated rings. The molecule has 1 aromatic heterocycles. The van der Waals surface area contributed by atoms with Crippen LogP contribution >= 0.6 is 15.9 Å². The van der Waals surface area contributed by atoms with E-state index in [2.05, 4.69) is 21.2 Å². The Kier molecular flexibility index (Phi) is 3.75. The fraction of sp³-hybridized carbons (Fsp3) is 0.286. The number of rotatable bonds is 2. The highest BCUT2D eigenvalue weighted by molar-refractivity contribution is 9.10. The third kappa shape index (κ3) is 2.42.